The predicted octanol–water partition coefficient (Wildman–Crippen LogP) is 9.64. The number of rotatable bonds is 7. The minimum Gasteiger partial charge on any atom is -0.413 e. The van der Waals surface area contributed by atoms with Gasteiger partial charge in [-0.2, -0.15) is 0 Å². The molecule has 0 aliphatic heterocycles. The van der Waals surface area contributed by atoms with Crippen molar-refractivity contribution in [1.29, 1.82) is 0 Å². The monoisotopic (exact) mass is 526 g/mol. The van der Waals surface area contributed by atoms with Crippen molar-refractivity contribution in [2.45, 2.75) is 131 Å². The molecule has 3 saturated carbocycles. The SMILES string of the molecule is C=C1/C(=C/C=C2\CCC[C@@]3(C)C2CC[C@@H]3[C@H](C)/C=C/[C@H](C)C(C)C)C[C@@H](O[Si](C)(C)C(C)(C)C)C[C@H]1O. The Hall–Kier alpha value is -0.903. The fraction of sp³-hybridized carbons (Fsp3) is 0.765. The van der Waals surface area contributed by atoms with E-state index in [0.717, 1.165) is 17.9 Å². The van der Waals surface area contributed by atoms with Crippen LogP contribution in [0.1, 0.15) is 100 Å². The Morgan fingerprint density at radius 1 is 1.08 bits per heavy atom. The van der Waals surface area contributed by atoms with Crippen molar-refractivity contribution >= 4 is 8.32 Å². The van der Waals surface area contributed by atoms with E-state index in [4.69, 9.17) is 4.43 Å². The van der Waals surface area contributed by atoms with Gasteiger partial charge < -0.3 is 9.53 Å². The second-order valence-electron chi connectivity index (χ2n) is 14.9. The first-order valence-electron chi connectivity index (χ1n) is 15.2. The summed E-state index contributed by atoms with van der Waals surface area (Å²) in [5.74, 6) is 3.42. The summed E-state index contributed by atoms with van der Waals surface area (Å²) in [6, 6.07) is 0. The zero-order valence-corrected chi connectivity index (χ0v) is 26.9. The Bertz CT molecular complexity index is 901. The minimum atomic E-state index is -1.88. The number of allylic oxidation sites excluding steroid dienone is 5. The van der Waals surface area contributed by atoms with Gasteiger partial charge in [0.15, 0.2) is 8.32 Å². The second-order valence-corrected chi connectivity index (χ2v) is 19.6. The minimum absolute atomic E-state index is 0.0828. The summed E-state index contributed by atoms with van der Waals surface area (Å²) >= 11 is 0. The highest BCUT2D eigenvalue weighted by atomic mass is 28.4. The Morgan fingerprint density at radius 2 is 1.76 bits per heavy atom. The maximum absolute atomic E-state index is 10.8. The molecule has 0 radical (unpaired) electrons. The highest BCUT2D eigenvalue weighted by Gasteiger charge is 2.50. The van der Waals surface area contributed by atoms with Crippen LogP contribution in [0.4, 0.5) is 0 Å². The summed E-state index contributed by atoms with van der Waals surface area (Å²) in [6.45, 7) is 27.8. The van der Waals surface area contributed by atoms with Gasteiger partial charge >= 0.3 is 0 Å². The standard InChI is InChI=1S/C34H58O2Si/c1-23(2)24(3)14-15-25(4)30-18-19-31-27(13-12-20-34(30,31)9)16-17-28-21-29(22-32(35)26(28)5)36-37(10,11)33(6,7)8/h14-17,23-25,29-32,35H,5,12-13,18-22H2,1-4,6-11H3/b15-14+,27-16+,28-17+/t24-,25+,29+,30+,31?,32+,34+/m0/s1. The Balaban J connectivity index is 1.77. The van der Waals surface area contributed by atoms with Crippen molar-refractivity contribution in [2.75, 3.05) is 0 Å². The molecule has 0 aromatic rings. The van der Waals surface area contributed by atoms with E-state index in [-0.39, 0.29) is 11.1 Å². The van der Waals surface area contributed by atoms with Crippen molar-refractivity contribution in [3.63, 3.8) is 0 Å². The van der Waals surface area contributed by atoms with Crippen LogP contribution in [0.25, 0.3) is 0 Å². The third-order valence-electron chi connectivity index (χ3n) is 11.0. The zero-order valence-electron chi connectivity index (χ0n) is 25.9. The summed E-state index contributed by atoms with van der Waals surface area (Å²) in [4.78, 5) is 0. The quantitative estimate of drug-likeness (QED) is 0.264. The van der Waals surface area contributed by atoms with Crippen LogP contribution in [0.2, 0.25) is 18.1 Å². The number of aliphatic hydroxyl groups is 1. The third-order valence-corrected chi connectivity index (χ3v) is 15.5. The molecule has 0 aromatic carbocycles. The molecule has 0 spiro atoms. The fourth-order valence-corrected chi connectivity index (χ4v) is 8.35. The largest absolute Gasteiger partial charge is 0.413 e. The summed E-state index contributed by atoms with van der Waals surface area (Å²) in [5, 5.41) is 11.0. The molecular formula is C34H58O2Si. The van der Waals surface area contributed by atoms with Gasteiger partial charge in [0.25, 0.3) is 0 Å². The predicted molar refractivity (Wildman–Crippen MR) is 163 cm³/mol. The van der Waals surface area contributed by atoms with E-state index >= 15 is 0 Å². The van der Waals surface area contributed by atoms with Crippen molar-refractivity contribution in [3.8, 4) is 0 Å². The lowest BCUT2D eigenvalue weighted by molar-refractivity contribution is 0.0924. The molecule has 0 heterocycles. The highest BCUT2D eigenvalue weighted by molar-refractivity contribution is 6.74. The van der Waals surface area contributed by atoms with E-state index < -0.39 is 14.4 Å². The summed E-state index contributed by atoms with van der Waals surface area (Å²) in [6.07, 6.45) is 17.3. The molecule has 3 fully saturated rings. The lowest BCUT2D eigenvalue weighted by atomic mass is 9.61. The van der Waals surface area contributed by atoms with Gasteiger partial charge in [-0.25, -0.2) is 0 Å². The van der Waals surface area contributed by atoms with Crippen LogP contribution in [-0.4, -0.2) is 25.6 Å². The first-order valence-corrected chi connectivity index (χ1v) is 18.1. The van der Waals surface area contributed by atoms with Crippen LogP contribution >= 0.6 is 0 Å². The molecule has 2 nitrogen and oxygen atoms in total. The fourth-order valence-electron chi connectivity index (χ4n) is 6.98. The molecule has 3 aliphatic rings. The Kier molecular flexibility index (Phi) is 9.67. The molecule has 1 N–H and O–H groups in total. The van der Waals surface area contributed by atoms with Gasteiger partial charge in [0.1, 0.15) is 0 Å². The van der Waals surface area contributed by atoms with Crippen molar-refractivity contribution in [2.24, 2.45) is 35.0 Å². The second kappa shape index (κ2) is 11.7. The van der Waals surface area contributed by atoms with Gasteiger partial charge in [0.05, 0.1) is 12.2 Å². The van der Waals surface area contributed by atoms with Crippen LogP contribution in [-0.2, 0) is 4.43 Å². The molecule has 0 saturated heterocycles. The summed E-state index contributed by atoms with van der Waals surface area (Å²) in [7, 11) is -1.88. The Morgan fingerprint density at radius 3 is 2.38 bits per heavy atom. The number of fused-ring (bicyclic) bond motifs is 1. The van der Waals surface area contributed by atoms with Crippen LogP contribution in [0.15, 0.2) is 47.6 Å². The van der Waals surface area contributed by atoms with E-state index in [9.17, 15) is 5.11 Å². The summed E-state index contributed by atoms with van der Waals surface area (Å²) < 4.78 is 6.73. The van der Waals surface area contributed by atoms with E-state index in [1.807, 2.05) is 0 Å². The van der Waals surface area contributed by atoms with E-state index in [2.05, 4.69) is 99.4 Å². The number of hydrogen-bond acceptors (Lipinski definition) is 2. The van der Waals surface area contributed by atoms with Gasteiger partial charge in [-0.15, -0.1) is 0 Å². The zero-order chi connectivity index (χ0) is 27.8. The van der Waals surface area contributed by atoms with E-state index in [1.165, 1.54) is 37.7 Å². The molecule has 0 bridgehead atoms. The lowest BCUT2D eigenvalue weighted by Crippen LogP contribution is -2.46. The van der Waals surface area contributed by atoms with Gasteiger partial charge in [0.2, 0.25) is 0 Å². The highest BCUT2D eigenvalue weighted by Crippen LogP contribution is 2.59. The first kappa shape index (κ1) is 30.6. The van der Waals surface area contributed by atoms with E-state index in [0.29, 0.717) is 35.5 Å². The molecule has 3 rings (SSSR count). The van der Waals surface area contributed by atoms with Crippen molar-refractivity contribution in [3.05, 3.63) is 47.6 Å². The topological polar surface area (TPSA) is 29.5 Å². The first-order chi connectivity index (χ1) is 17.1. The van der Waals surface area contributed by atoms with Crippen LogP contribution in [0.5, 0.6) is 0 Å². The maximum atomic E-state index is 10.8. The molecule has 0 amide bonds. The van der Waals surface area contributed by atoms with Gasteiger partial charge in [0, 0.05) is 6.42 Å². The van der Waals surface area contributed by atoms with Crippen LogP contribution in [0.3, 0.4) is 0 Å². The smallest absolute Gasteiger partial charge is 0.192 e. The molecule has 210 valence electrons. The third kappa shape index (κ3) is 6.82. The maximum Gasteiger partial charge on any atom is 0.192 e. The molecule has 3 heteroatoms. The van der Waals surface area contributed by atoms with E-state index in [1.54, 1.807) is 5.57 Å². The van der Waals surface area contributed by atoms with Crippen molar-refractivity contribution < 1.29 is 9.53 Å². The average molecular weight is 527 g/mol. The number of hydrogen-bond donors (Lipinski definition) is 1. The number of aliphatic hydroxyl groups excluding tert-OH is 1. The average Bonchev–Trinajstić information content (AvgIpc) is 3.15. The van der Waals surface area contributed by atoms with Crippen LogP contribution in [0, 0.1) is 35.0 Å². The lowest BCUT2D eigenvalue weighted by Gasteiger charge is -2.44. The van der Waals surface area contributed by atoms with Gasteiger partial charge in [-0.3, -0.25) is 0 Å². The van der Waals surface area contributed by atoms with Gasteiger partial charge in [-0.1, -0.05) is 91.8 Å². The molecule has 3 aliphatic carbocycles. The molecule has 0 aromatic heterocycles. The Labute approximate surface area is 230 Å². The molecule has 37 heavy (non-hydrogen) atoms. The van der Waals surface area contributed by atoms with Crippen LogP contribution < -0.4 is 0 Å². The molecule has 7 atom stereocenters. The summed E-state index contributed by atoms with van der Waals surface area (Å²) in [5.41, 5.74) is 4.11. The molecular weight excluding hydrogens is 468 g/mol. The normalized spacial score (nSPS) is 35.5. The van der Waals surface area contributed by atoms with Gasteiger partial charge in [-0.05, 0) is 103 Å². The van der Waals surface area contributed by atoms with Crippen molar-refractivity contribution in [1.82, 2.24) is 0 Å². The molecule has 1 unspecified atom stereocenters.